The zero-order valence-corrected chi connectivity index (χ0v) is 14.1. The Kier molecular flexibility index (Phi) is 3.58. The van der Waals surface area contributed by atoms with Crippen LogP contribution < -0.4 is 0 Å². The maximum Gasteiger partial charge on any atom is 0.205 e. The maximum absolute atomic E-state index is 6.34. The lowest BCUT2D eigenvalue weighted by Crippen LogP contribution is -1.99. The van der Waals surface area contributed by atoms with Crippen molar-refractivity contribution >= 4 is 22.8 Å². The minimum absolute atomic E-state index is 0.428. The molecule has 0 amide bonds. The van der Waals surface area contributed by atoms with Gasteiger partial charge < -0.3 is 9.09 Å². The molecule has 3 aromatic heterocycles. The van der Waals surface area contributed by atoms with Crippen LogP contribution in [0.15, 0.2) is 47.1 Å². The molecule has 6 heteroatoms. The van der Waals surface area contributed by atoms with E-state index in [2.05, 4.69) is 27.3 Å². The molecule has 3 heterocycles. The van der Waals surface area contributed by atoms with Gasteiger partial charge in [-0.2, -0.15) is 4.98 Å². The van der Waals surface area contributed by atoms with E-state index in [9.17, 15) is 0 Å². The van der Waals surface area contributed by atoms with E-state index >= 15 is 0 Å². The number of fused-ring (bicyclic) bond motifs is 1. The Morgan fingerprint density at radius 2 is 1.96 bits per heavy atom. The highest BCUT2D eigenvalue weighted by Crippen LogP contribution is 2.29. The Morgan fingerprint density at radius 3 is 2.67 bits per heavy atom. The number of halogens is 1. The summed E-state index contributed by atoms with van der Waals surface area (Å²) < 4.78 is 7.23. The number of rotatable bonds is 3. The highest BCUT2D eigenvalue weighted by atomic mass is 35.5. The second kappa shape index (κ2) is 5.76. The van der Waals surface area contributed by atoms with Crippen molar-refractivity contribution in [2.75, 3.05) is 0 Å². The van der Waals surface area contributed by atoms with Crippen LogP contribution in [0.1, 0.15) is 17.0 Å². The van der Waals surface area contributed by atoms with Gasteiger partial charge in [-0.15, -0.1) is 0 Å². The Balaban J connectivity index is 1.85. The zero-order chi connectivity index (χ0) is 16.7. The van der Waals surface area contributed by atoms with Crippen LogP contribution in [-0.4, -0.2) is 19.7 Å². The molecule has 0 spiro atoms. The van der Waals surface area contributed by atoms with Gasteiger partial charge in [0.1, 0.15) is 5.76 Å². The summed E-state index contributed by atoms with van der Waals surface area (Å²) >= 11 is 6.34. The number of hydrogen-bond donors (Lipinski definition) is 0. The Labute approximate surface area is 143 Å². The molecule has 0 aliphatic rings. The summed E-state index contributed by atoms with van der Waals surface area (Å²) in [6, 6.07) is 12.2. The summed E-state index contributed by atoms with van der Waals surface area (Å²) in [5, 5.41) is 4.44. The molecule has 0 N–H and O–H groups in total. The van der Waals surface area contributed by atoms with E-state index in [-0.39, 0.29) is 0 Å². The standard InChI is InChI=1S/C18H15ClN4O/c1-11-16(12(2)24-22-11)14-8-15-17(20-9-14)21-18(19)23(15)10-13-6-4-3-5-7-13/h3-9H,10H2,1-2H3. The fourth-order valence-electron chi connectivity index (χ4n) is 2.93. The second-order valence-electron chi connectivity index (χ2n) is 5.72. The molecule has 0 radical (unpaired) electrons. The van der Waals surface area contributed by atoms with E-state index in [4.69, 9.17) is 16.1 Å². The van der Waals surface area contributed by atoms with E-state index < -0.39 is 0 Å². The van der Waals surface area contributed by atoms with Crippen molar-refractivity contribution in [2.24, 2.45) is 0 Å². The first-order valence-corrected chi connectivity index (χ1v) is 8.00. The summed E-state index contributed by atoms with van der Waals surface area (Å²) in [7, 11) is 0. The van der Waals surface area contributed by atoms with Crippen LogP contribution in [0.2, 0.25) is 5.28 Å². The van der Waals surface area contributed by atoms with Gasteiger partial charge in [-0.25, -0.2) is 4.98 Å². The van der Waals surface area contributed by atoms with Crippen molar-refractivity contribution in [3.63, 3.8) is 0 Å². The Bertz CT molecular complexity index is 1000. The summed E-state index contributed by atoms with van der Waals surface area (Å²) in [5.74, 6) is 0.772. The van der Waals surface area contributed by atoms with E-state index in [1.54, 1.807) is 6.20 Å². The SMILES string of the molecule is Cc1noc(C)c1-c1cnc2nc(Cl)n(Cc3ccccc3)c2c1. The van der Waals surface area contributed by atoms with E-state index in [1.165, 1.54) is 0 Å². The number of imidazole rings is 1. The summed E-state index contributed by atoms with van der Waals surface area (Å²) in [6.45, 7) is 4.46. The molecule has 24 heavy (non-hydrogen) atoms. The minimum atomic E-state index is 0.428. The highest BCUT2D eigenvalue weighted by molar-refractivity contribution is 6.29. The molecule has 0 bridgehead atoms. The normalized spacial score (nSPS) is 11.3. The quantitative estimate of drug-likeness (QED) is 0.555. The van der Waals surface area contributed by atoms with Crippen molar-refractivity contribution < 1.29 is 4.52 Å². The van der Waals surface area contributed by atoms with Gasteiger partial charge in [-0.05, 0) is 37.1 Å². The number of aryl methyl sites for hydroxylation is 2. The molecular weight excluding hydrogens is 324 g/mol. The van der Waals surface area contributed by atoms with Gasteiger partial charge in [-0.1, -0.05) is 35.5 Å². The summed E-state index contributed by atoms with van der Waals surface area (Å²) in [6.07, 6.45) is 1.78. The monoisotopic (exact) mass is 338 g/mol. The zero-order valence-electron chi connectivity index (χ0n) is 13.3. The maximum atomic E-state index is 6.34. The van der Waals surface area contributed by atoms with Crippen molar-refractivity contribution in [2.45, 2.75) is 20.4 Å². The number of aromatic nitrogens is 4. The van der Waals surface area contributed by atoms with Crippen molar-refractivity contribution in [3.8, 4) is 11.1 Å². The molecule has 0 unspecified atom stereocenters. The van der Waals surface area contributed by atoms with E-state index in [0.29, 0.717) is 17.5 Å². The van der Waals surface area contributed by atoms with Crippen LogP contribution in [0.25, 0.3) is 22.3 Å². The predicted octanol–water partition coefficient (Wildman–Crippen LogP) is 4.40. The number of benzene rings is 1. The third-order valence-electron chi connectivity index (χ3n) is 4.06. The second-order valence-corrected chi connectivity index (χ2v) is 6.06. The van der Waals surface area contributed by atoms with Gasteiger partial charge in [0.05, 0.1) is 17.8 Å². The van der Waals surface area contributed by atoms with Crippen molar-refractivity contribution in [1.29, 1.82) is 0 Å². The van der Waals surface area contributed by atoms with Crippen LogP contribution in [-0.2, 0) is 6.54 Å². The summed E-state index contributed by atoms with van der Waals surface area (Å²) in [4.78, 5) is 8.81. The molecule has 0 saturated heterocycles. The van der Waals surface area contributed by atoms with E-state index in [1.807, 2.05) is 42.7 Å². The molecule has 1 aromatic carbocycles. The molecule has 0 atom stereocenters. The fraction of sp³-hybridized carbons (Fsp3) is 0.167. The molecule has 0 saturated carbocycles. The first-order valence-electron chi connectivity index (χ1n) is 7.62. The van der Waals surface area contributed by atoms with Crippen LogP contribution in [0.5, 0.6) is 0 Å². The van der Waals surface area contributed by atoms with Gasteiger partial charge in [0.25, 0.3) is 0 Å². The molecule has 120 valence electrons. The van der Waals surface area contributed by atoms with Crippen molar-refractivity contribution in [1.82, 2.24) is 19.7 Å². The molecule has 0 aliphatic carbocycles. The average Bonchev–Trinajstić information content (AvgIpc) is 3.08. The van der Waals surface area contributed by atoms with Crippen LogP contribution in [0, 0.1) is 13.8 Å². The number of pyridine rings is 1. The lowest BCUT2D eigenvalue weighted by atomic mass is 10.1. The molecule has 4 aromatic rings. The first-order chi connectivity index (χ1) is 11.6. The third-order valence-corrected chi connectivity index (χ3v) is 4.35. The lowest BCUT2D eigenvalue weighted by Gasteiger charge is -2.07. The topological polar surface area (TPSA) is 56.7 Å². The Hall–Kier alpha value is -2.66. The van der Waals surface area contributed by atoms with Crippen LogP contribution in [0.3, 0.4) is 0 Å². The van der Waals surface area contributed by atoms with Crippen LogP contribution >= 0.6 is 11.6 Å². The smallest absolute Gasteiger partial charge is 0.205 e. The Morgan fingerprint density at radius 1 is 1.17 bits per heavy atom. The van der Waals surface area contributed by atoms with Gasteiger partial charge in [0.2, 0.25) is 5.28 Å². The highest BCUT2D eigenvalue weighted by Gasteiger charge is 2.16. The first kappa shape index (κ1) is 14.9. The molecular formula is C18H15ClN4O. The summed E-state index contributed by atoms with van der Waals surface area (Å²) in [5.41, 5.74) is 5.43. The lowest BCUT2D eigenvalue weighted by molar-refractivity contribution is 0.393. The number of nitrogens with zero attached hydrogens (tertiary/aromatic N) is 4. The number of hydrogen-bond acceptors (Lipinski definition) is 4. The van der Waals surface area contributed by atoms with Crippen LogP contribution in [0.4, 0.5) is 0 Å². The van der Waals surface area contributed by atoms with Gasteiger partial charge in [0, 0.05) is 17.3 Å². The molecule has 0 fully saturated rings. The van der Waals surface area contributed by atoms with E-state index in [0.717, 1.165) is 33.7 Å². The predicted molar refractivity (Wildman–Crippen MR) is 93.1 cm³/mol. The van der Waals surface area contributed by atoms with Gasteiger partial charge >= 0.3 is 0 Å². The minimum Gasteiger partial charge on any atom is -0.361 e. The molecule has 4 rings (SSSR count). The molecule has 5 nitrogen and oxygen atoms in total. The van der Waals surface area contributed by atoms with Gasteiger partial charge in [-0.3, -0.25) is 0 Å². The largest absolute Gasteiger partial charge is 0.361 e. The average molecular weight is 339 g/mol. The third kappa shape index (κ3) is 2.47. The van der Waals surface area contributed by atoms with Crippen molar-refractivity contribution in [3.05, 3.63) is 64.9 Å². The fourth-order valence-corrected chi connectivity index (χ4v) is 3.16. The molecule has 0 aliphatic heterocycles. The van der Waals surface area contributed by atoms with Gasteiger partial charge in [0.15, 0.2) is 5.65 Å².